The van der Waals surface area contributed by atoms with Crippen LogP contribution in [0.15, 0.2) is 47.8 Å². The summed E-state index contributed by atoms with van der Waals surface area (Å²) < 4.78 is 4.39. The zero-order valence-corrected chi connectivity index (χ0v) is 18.2. The number of guanidine groups is 1. The SMILES string of the molecule is CCc1nncn1CCNC(=NCCCn1ccc2ccccc21)NCCSC. The average Bonchev–Trinajstić information content (AvgIpc) is 3.37. The molecule has 0 radical (unpaired) electrons. The third kappa shape index (κ3) is 6.25. The van der Waals surface area contributed by atoms with Crippen LogP contribution in [-0.2, 0) is 19.5 Å². The summed E-state index contributed by atoms with van der Waals surface area (Å²) in [5.74, 6) is 2.95. The molecule has 7 nitrogen and oxygen atoms in total. The highest BCUT2D eigenvalue weighted by Gasteiger charge is 2.03. The van der Waals surface area contributed by atoms with E-state index in [9.17, 15) is 0 Å². The number of aromatic nitrogens is 4. The molecule has 8 heteroatoms. The molecule has 0 saturated heterocycles. The maximum Gasteiger partial charge on any atom is 0.191 e. The summed E-state index contributed by atoms with van der Waals surface area (Å²) in [6.07, 6.45) is 7.96. The van der Waals surface area contributed by atoms with Gasteiger partial charge in [0, 0.05) is 56.6 Å². The molecule has 156 valence electrons. The minimum absolute atomic E-state index is 0.786. The topological polar surface area (TPSA) is 72.1 Å². The predicted octanol–water partition coefficient (Wildman–Crippen LogP) is 2.78. The molecule has 0 atom stereocenters. The number of hydrogen-bond donors (Lipinski definition) is 2. The van der Waals surface area contributed by atoms with Crippen molar-refractivity contribution in [3.05, 3.63) is 48.7 Å². The van der Waals surface area contributed by atoms with Crippen molar-refractivity contribution in [2.24, 2.45) is 4.99 Å². The molecule has 0 aliphatic heterocycles. The summed E-state index contributed by atoms with van der Waals surface area (Å²) in [7, 11) is 0. The van der Waals surface area contributed by atoms with Gasteiger partial charge in [0.15, 0.2) is 5.96 Å². The van der Waals surface area contributed by atoms with E-state index in [4.69, 9.17) is 4.99 Å². The van der Waals surface area contributed by atoms with Gasteiger partial charge >= 0.3 is 0 Å². The summed E-state index contributed by atoms with van der Waals surface area (Å²) in [5, 5.41) is 16.3. The molecule has 0 aliphatic carbocycles. The van der Waals surface area contributed by atoms with Crippen molar-refractivity contribution in [1.29, 1.82) is 0 Å². The maximum absolute atomic E-state index is 4.77. The largest absolute Gasteiger partial charge is 0.356 e. The van der Waals surface area contributed by atoms with E-state index in [1.807, 2.05) is 11.8 Å². The Labute approximate surface area is 177 Å². The van der Waals surface area contributed by atoms with Gasteiger partial charge < -0.3 is 19.8 Å². The molecule has 2 N–H and O–H groups in total. The molecule has 2 aromatic heterocycles. The number of benzene rings is 1. The molecule has 0 bridgehead atoms. The van der Waals surface area contributed by atoms with E-state index in [1.54, 1.807) is 6.33 Å². The van der Waals surface area contributed by atoms with Gasteiger partial charge in [0.05, 0.1) is 0 Å². The van der Waals surface area contributed by atoms with E-state index in [0.29, 0.717) is 0 Å². The summed E-state index contributed by atoms with van der Waals surface area (Å²) in [6.45, 7) is 6.37. The molecule has 0 saturated carbocycles. The van der Waals surface area contributed by atoms with Gasteiger partial charge in [0.25, 0.3) is 0 Å². The minimum atomic E-state index is 0.786. The normalized spacial score (nSPS) is 11.9. The summed E-state index contributed by atoms with van der Waals surface area (Å²) in [6, 6.07) is 10.7. The molecule has 0 spiro atoms. The van der Waals surface area contributed by atoms with Crippen molar-refractivity contribution < 1.29 is 0 Å². The number of thioether (sulfide) groups is 1. The lowest BCUT2D eigenvalue weighted by molar-refractivity contribution is 0.629. The quantitative estimate of drug-likeness (QED) is 0.287. The number of para-hydroxylation sites is 1. The molecule has 0 unspecified atom stereocenters. The first-order valence-electron chi connectivity index (χ1n) is 10.2. The minimum Gasteiger partial charge on any atom is -0.356 e. The Morgan fingerprint density at radius 1 is 1.10 bits per heavy atom. The fourth-order valence-electron chi connectivity index (χ4n) is 3.25. The standard InChI is InChI=1S/C21H31N7S/c1-3-20-26-25-17-28(20)15-11-23-21(24-12-16-29-2)22-10-6-13-27-14-9-18-7-4-5-8-19(18)27/h4-5,7-9,14,17H,3,6,10-13,15-16H2,1-2H3,(H2,22,23,24). The van der Waals surface area contributed by atoms with Crippen LogP contribution in [0.4, 0.5) is 0 Å². The first-order chi connectivity index (χ1) is 14.3. The number of aliphatic imine (C=N–C) groups is 1. The molecule has 29 heavy (non-hydrogen) atoms. The number of rotatable bonds is 11. The maximum atomic E-state index is 4.77. The fourth-order valence-corrected chi connectivity index (χ4v) is 3.55. The average molecular weight is 414 g/mol. The van der Waals surface area contributed by atoms with Crippen LogP contribution in [0.1, 0.15) is 19.2 Å². The van der Waals surface area contributed by atoms with E-state index < -0.39 is 0 Å². The van der Waals surface area contributed by atoms with Crippen LogP contribution in [0, 0.1) is 0 Å². The van der Waals surface area contributed by atoms with E-state index in [-0.39, 0.29) is 0 Å². The lowest BCUT2D eigenvalue weighted by Crippen LogP contribution is -2.40. The number of nitrogens with one attached hydrogen (secondary N) is 2. The monoisotopic (exact) mass is 413 g/mol. The van der Waals surface area contributed by atoms with E-state index in [0.717, 1.165) is 63.1 Å². The Morgan fingerprint density at radius 2 is 1.97 bits per heavy atom. The number of hydrogen-bond acceptors (Lipinski definition) is 4. The Bertz CT molecular complexity index is 899. The van der Waals surface area contributed by atoms with Gasteiger partial charge in [-0.1, -0.05) is 25.1 Å². The zero-order chi connectivity index (χ0) is 20.3. The van der Waals surface area contributed by atoms with Crippen molar-refractivity contribution in [2.75, 3.05) is 31.6 Å². The lowest BCUT2D eigenvalue weighted by Gasteiger charge is -2.13. The first-order valence-corrected chi connectivity index (χ1v) is 11.6. The molecule has 0 amide bonds. The highest BCUT2D eigenvalue weighted by atomic mass is 32.2. The van der Waals surface area contributed by atoms with E-state index in [1.165, 1.54) is 10.9 Å². The second-order valence-corrected chi connectivity index (χ2v) is 7.78. The van der Waals surface area contributed by atoms with Crippen LogP contribution in [-0.4, -0.2) is 56.9 Å². The Hall–Kier alpha value is -2.48. The van der Waals surface area contributed by atoms with Gasteiger partial charge in [-0.3, -0.25) is 4.99 Å². The van der Waals surface area contributed by atoms with Crippen molar-refractivity contribution in [3.8, 4) is 0 Å². The van der Waals surface area contributed by atoms with Gasteiger partial charge in [-0.25, -0.2) is 0 Å². The van der Waals surface area contributed by atoms with Gasteiger partial charge in [0.1, 0.15) is 12.2 Å². The summed E-state index contributed by atoms with van der Waals surface area (Å²) in [4.78, 5) is 4.77. The van der Waals surface area contributed by atoms with Crippen molar-refractivity contribution in [1.82, 2.24) is 30.0 Å². The summed E-state index contributed by atoms with van der Waals surface area (Å²) >= 11 is 1.83. The molecule has 3 rings (SSSR count). The summed E-state index contributed by atoms with van der Waals surface area (Å²) in [5.41, 5.74) is 1.29. The molecule has 0 fully saturated rings. The Balaban J connectivity index is 1.49. The fraction of sp³-hybridized carbons (Fsp3) is 0.476. The van der Waals surface area contributed by atoms with E-state index in [2.05, 4.69) is 79.7 Å². The van der Waals surface area contributed by atoms with Crippen molar-refractivity contribution in [2.45, 2.75) is 32.9 Å². The lowest BCUT2D eigenvalue weighted by atomic mass is 10.2. The molecule has 3 aromatic rings. The van der Waals surface area contributed by atoms with Crippen LogP contribution < -0.4 is 10.6 Å². The van der Waals surface area contributed by atoms with Crippen LogP contribution >= 0.6 is 11.8 Å². The van der Waals surface area contributed by atoms with Gasteiger partial charge in [-0.15, -0.1) is 10.2 Å². The number of fused-ring (bicyclic) bond motifs is 1. The third-order valence-electron chi connectivity index (χ3n) is 4.76. The second kappa shape index (κ2) is 11.5. The van der Waals surface area contributed by atoms with Crippen molar-refractivity contribution >= 4 is 28.6 Å². The highest BCUT2D eigenvalue weighted by Crippen LogP contribution is 2.15. The van der Waals surface area contributed by atoms with Crippen LogP contribution in [0.5, 0.6) is 0 Å². The zero-order valence-electron chi connectivity index (χ0n) is 17.3. The molecule has 1 aromatic carbocycles. The van der Waals surface area contributed by atoms with Crippen LogP contribution in [0.25, 0.3) is 10.9 Å². The first kappa shape index (κ1) is 21.2. The number of aryl methyl sites for hydroxylation is 2. The second-order valence-electron chi connectivity index (χ2n) is 6.79. The number of nitrogens with zero attached hydrogens (tertiary/aromatic N) is 5. The van der Waals surface area contributed by atoms with Gasteiger partial charge in [-0.05, 0) is 30.2 Å². The van der Waals surface area contributed by atoms with Crippen molar-refractivity contribution in [3.63, 3.8) is 0 Å². The predicted molar refractivity (Wildman–Crippen MR) is 123 cm³/mol. The molecular weight excluding hydrogens is 382 g/mol. The molecular formula is C21H31N7S. The van der Waals surface area contributed by atoms with Crippen LogP contribution in [0.2, 0.25) is 0 Å². The molecule has 2 heterocycles. The Morgan fingerprint density at radius 3 is 2.83 bits per heavy atom. The highest BCUT2D eigenvalue weighted by molar-refractivity contribution is 7.98. The Kier molecular flexibility index (Phi) is 8.42. The molecule has 0 aliphatic rings. The third-order valence-corrected chi connectivity index (χ3v) is 5.38. The van der Waals surface area contributed by atoms with Gasteiger partial charge in [0.2, 0.25) is 0 Å². The van der Waals surface area contributed by atoms with E-state index >= 15 is 0 Å². The smallest absolute Gasteiger partial charge is 0.191 e. The van der Waals surface area contributed by atoms with Gasteiger partial charge in [-0.2, -0.15) is 11.8 Å². The van der Waals surface area contributed by atoms with Crippen LogP contribution in [0.3, 0.4) is 0 Å².